The summed E-state index contributed by atoms with van der Waals surface area (Å²) in [7, 11) is 4.94. The summed E-state index contributed by atoms with van der Waals surface area (Å²) in [5.74, 6) is 1.91. The molecule has 3 aromatic rings. The van der Waals surface area contributed by atoms with E-state index in [1.807, 2.05) is 18.2 Å². The predicted molar refractivity (Wildman–Crippen MR) is 134 cm³/mol. The number of nitrogens with two attached hydrogens (primary N) is 1. The average Bonchev–Trinajstić information content (AvgIpc) is 2.87. The van der Waals surface area contributed by atoms with Crippen molar-refractivity contribution in [3.05, 3.63) is 76.9 Å². The molecule has 3 N–H and O–H groups in total. The number of rotatable bonds is 8. The van der Waals surface area contributed by atoms with Gasteiger partial charge in [-0.15, -0.1) is 0 Å². The van der Waals surface area contributed by atoms with Crippen molar-refractivity contribution in [1.82, 2.24) is 4.90 Å². The van der Waals surface area contributed by atoms with Crippen molar-refractivity contribution in [2.75, 3.05) is 45.5 Å². The van der Waals surface area contributed by atoms with E-state index in [4.69, 9.17) is 19.9 Å². The van der Waals surface area contributed by atoms with Crippen LogP contribution in [0.2, 0.25) is 0 Å². The zero-order chi connectivity index (χ0) is 24.1. The molecule has 34 heavy (non-hydrogen) atoms. The van der Waals surface area contributed by atoms with Gasteiger partial charge in [0.15, 0.2) is 11.5 Å². The minimum atomic E-state index is -0.261. The summed E-state index contributed by atoms with van der Waals surface area (Å²) in [5, 5.41) is 2.91. The summed E-state index contributed by atoms with van der Waals surface area (Å²) in [6.07, 6.45) is 1.85. The first-order valence-electron chi connectivity index (χ1n) is 11.3. The quantitative estimate of drug-likeness (QED) is 0.490. The number of nitrogens with zero attached hydrogens (tertiary/aromatic N) is 1. The van der Waals surface area contributed by atoms with Crippen molar-refractivity contribution in [1.29, 1.82) is 0 Å². The molecule has 0 saturated carbocycles. The Kier molecular flexibility index (Phi) is 7.23. The highest BCUT2D eigenvalue weighted by Gasteiger charge is 2.20. The lowest BCUT2D eigenvalue weighted by Crippen LogP contribution is -2.32. The van der Waals surface area contributed by atoms with Crippen molar-refractivity contribution in [2.45, 2.75) is 19.4 Å². The van der Waals surface area contributed by atoms with Gasteiger partial charge in [-0.05, 0) is 65.9 Å². The standard InChI is InChI=1S/C27H31N3O4/c1-32-24-14-18(8-9-23(24)29-27(31)21-6-4-5-7-22(21)28)10-12-30-13-11-19-15-25(33-2)26(34-3)16-20(19)17-30/h4-9,14-16H,10-13,17,28H2,1-3H3,(H,29,31). The van der Waals surface area contributed by atoms with Crippen LogP contribution in [0.1, 0.15) is 27.0 Å². The molecule has 178 valence electrons. The fourth-order valence-electron chi connectivity index (χ4n) is 4.31. The van der Waals surface area contributed by atoms with Gasteiger partial charge in [0.1, 0.15) is 5.75 Å². The molecule has 1 amide bonds. The average molecular weight is 462 g/mol. The second kappa shape index (κ2) is 10.5. The molecule has 1 aliphatic heterocycles. The van der Waals surface area contributed by atoms with Crippen LogP contribution in [0.5, 0.6) is 17.2 Å². The number of benzene rings is 3. The third-order valence-electron chi connectivity index (χ3n) is 6.23. The van der Waals surface area contributed by atoms with Crippen molar-refractivity contribution in [3.63, 3.8) is 0 Å². The Morgan fingerprint density at radius 1 is 0.941 bits per heavy atom. The van der Waals surface area contributed by atoms with Crippen LogP contribution >= 0.6 is 0 Å². The van der Waals surface area contributed by atoms with Crippen molar-refractivity contribution in [3.8, 4) is 17.2 Å². The molecule has 7 nitrogen and oxygen atoms in total. The van der Waals surface area contributed by atoms with E-state index in [2.05, 4.69) is 22.3 Å². The number of carbonyl (C=O) groups is 1. The smallest absolute Gasteiger partial charge is 0.257 e. The van der Waals surface area contributed by atoms with Gasteiger partial charge in [0, 0.05) is 25.3 Å². The minimum Gasteiger partial charge on any atom is -0.495 e. The Bertz CT molecular complexity index is 1180. The van der Waals surface area contributed by atoms with Crippen LogP contribution in [0.25, 0.3) is 0 Å². The molecule has 0 spiro atoms. The van der Waals surface area contributed by atoms with Crippen LogP contribution < -0.4 is 25.3 Å². The SMILES string of the molecule is COc1cc(CCN2CCc3cc(OC)c(OC)cc3C2)ccc1NC(=O)c1ccccc1N. The fourth-order valence-corrected chi connectivity index (χ4v) is 4.31. The van der Waals surface area contributed by atoms with Crippen molar-refractivity contribution < 1.29 is 19.0 Å². The van der Waals surface area contributed by atoms with Crippen LogP contribution in [0, 0.1) is 0 Å². The van der Waals surface area contributed by atoms with Crippen LogP contribution in [0.3, 0.4) is 0 Å². The monoisotopic (exact) mass is 461 g/mol. The highest BCUT2D eigenvalue weighted by molar-refractivity contribution is 6.08. The number of carbonyl (C=O) groups excluding carboxylic acids is 1. The van der Waals surface area contributed by atoms with E-state index in [1.54, 1.807) is 45.6 Å². The van der Waals surface area contributed by atoms with Crippen LogP contribution in [0.4, 0.5) is 11.4 Å². The molecule has 4 rings (SSSR count). The largest absolute Gasteiger partial charge is 0.495 e. The molecular weight excluding hydrogens is 430 g/mol. The fraction of sp³-hybridized carbons (Fsp3) is 0.296. The van der Waals surface area contributed by atoms with Crippen LogP contribution in [0.15, 0.2) is 54.6 Å². The first-order chi connectivity index (χ1) is 16.5. The number of methoxy groups -OCH3 is 3. The van der Waals surface area contributed by atoms with Gasteiger partial charge < -0.3 is 25.3 Å². The van der Waals surface area contributed by atoms with Gasteiger partial charge in [-0.1, -0.05) is 18.2 Å². The van der Waals surface area contributed by atoms with Gasteiger partial charge in [-0.2, -0.15) is 0 Å². The number of nitrogens with one attached hydrogen (secondary N) is 1. The topological polar surface area (TPSA) is 86.0 Å². The van der Waals surface area contributed by atoms with E-state index in [1.165, 1.54) is 11.1 Å². The number of anilines is 2. The van der Waals surface area contributed by atoms with Gasteiger partial charge >= 0.3 is 0 Å². The molecule has 0 radical (unpaired) electrons. The van der Waals surface area contributed by atoms with Gasteiger partial charge in [0.05, 0.1) is 32.6 Å². The van der Waals surface area contributed by atoms with E-state index in [0.29, 0.717) is 22.7 Å². The molecule has 3 aromatic carbocycles. The molecule has 0 fully saturated rings. The number of nitrogen functional groups attached to an aromatic ring is 1. The summed E-state index contributed by atoms with van der Waals surface area (Å²) in [5.41, 5.74) is 11.2. The van der Waals surface area contributed by atoms with Crippen molar-refractivity contribution >= 4 is 17.3 Å². The molecular formula is C27H31N3O4. The van der Waals surface area contributed by atoms with Gasteiger partial charge in [0.25, 0.3) is 5.91 Å². The molecule has 0 aromatic heterocycles. The Hall–Kier alpha value is -3.71. The highest BCUT2D eigenvalue weighted by atomic mass is 16.5. The lowest BCUT2D eigenvalue weighted by molar-refractivity contribution is 0.102. The Morgan fingerprint density at radius 2 is 1.65 bits per heavy atom. The van der Waals surface area contributed by atoms with E-state index >= 15 is 0 Å². The molecule has 0 atom stereocenters. The minimum absolute atomic E-state index is 0.261. The third-order valence-corrected chi connectivity index (χ3v) is 6.23. The lowest BCUT2D eigenvalue weighted by atomic mass is 9.98. The summed E-state index contributed by atoms with van der Waals surface area (Å²) < 4.78 is 16.5. The Morgan fingerprint density at radius 3 is 2.35 bits per heavy atom. The molecule has 1 aliphatic rings. The van der Waals surface area contributed by atoms with E-state index in [-0.39, 0.29) is 5.91 Å². The second-order valence-corrected chi connectivity index (χ2v) is 8.33. The number of fused-ring (bicyclic) bond motifs is 1. The van der Waals surface area contributed by atoms with E-state index in [0.717, 1.165) is 49.5 Å². The normalized spacial score (nSPS) is 13.1. The zero-order valence-corrected chi connectivity index (χ0v) is 19.9. The maximum Gasteiger partial charge on any atom is 0.257 e. The molecule has 7 heteroatoms. The number of para-hydroxylation sites is 1. The first-order valence-corrected chi connectivity index (χ1v) is 11.3. The first kappa shape index (κ1) is 23.4. The maximum atomic E-state index is 12.6. The van der Waals surface area contributed by atoms with Crippen LogP contribution in [-0.2, 0) is 19.4 Å². The van der Waals surface area contributed by atoms with Crippen molar-refractivity contribution in [2.24, 2.45) is 0 Å². The lowest BCUT2D eigenvalue weighted by Gasteiger charge is -2.29. The summed E-state index contributed by atoms with van der Waals surface area (Å²) >= 11 is 0. The summed E-state index contributed by atoms with van der Waals surface area (Å²) in [6.45, 7) is 2.79. The van der Waals surface area contributed by atoms with E-state index < -0.39 is 0 Å². The van der Waals surface area contributed by atoms with Gasteiger partial charge in [-0.3, -0.25) is 9.69 Å². The molecule has 0 saturated heterocycles. The zero-order valence-electron chi connectivity index (χ0n) is 19.9. The number of hydrogen-bond donors (Lipinski definition) is 2. The Balaban J connectivity index is 1.40. The van der Waals surface area contributed by atoms with Gasteiger partial charge in [0.2, 0.25) is 0 Å². The number of ether oxygens (including phenoxy) is 3. The Labute approximate surface area is 200 Å². The maximum absolute atomic E-state index is 12.6. The predicted octanol–water partition coefficient (Wildman–Crippen LogP) is 4.15. The molecule has 1 heterocycles. The summed E-state index contributed by atoms with van der Waals surface area (Å²) in [4.78, 5) is 15.1. The molecule has 0 unspecified atom stereocenters. The number of amides is 1. The van der Waals surface area contributed by atoms with Gasteiger partial charge in [-0.25, -0.2) is 0 Å². The highest BCUT2D eigenvalue weighted by Crippen LogP contribution is 2.33. The van der Waals surface area contributed by atoms with E-state index in [9.17, 15) is 4.79 Å². The molecule has 0 aliphatic carbocycles. The summed E-state index contributed by atoms with van der Waals surface area (Å²) in [6, 6.07) is 17.1. The van der Waals surface area contributed by atoms with Crippen LogP contribution in [-0.4, -0.2) is 45.2 Å². The number of hydrogen-bond acceptors (Lipinski definition) is 6. The third kappa shape index (κ3) is 5.10. The molecule has 0 bridgehead atoms. The second-order valence-electron chi connectivity index (χ2n) is 8.33.